The minimum Gasteiger partial charge on any atom is -0.497 e. The molecule has 1 amide bonds. The molecule has 0 fully saturated rings. The highest BCUT2D eigenvalue weighted by atomic mass is 16.5. The molecular weight excluding hydrogens is 206 g/mol. The largest absolute Gasteiger partial charge is 0.497 e. The van der Waals surface area contributed by atoms with Gasteiger partial charge in [-0.1, -0.05) is 0 Å². The number of hydrogen-bond acceptors (Lipinski definition) is 3. The number of anilines is 1. The molecule has 0 aromatic heterocycles. The third-order valence-electron chi connectivity index (χ3n) is 2.64. The summed E-state index contributed by atoms with van der Waals surface area (Å²) in [7, 11) is 1.60. The highest BCUT2D eigenvalue weighted by molar-refractivity contribution is 5.97. The molecule has 0 aliphatic carbocycles. The van der Waals surface area contributed by atoms with Gasteiger partial charge in [-0.2, -0.15) is 0 Å². The van der Waals surface area contributed by atoms with Crippen LogP contribution < -0.4 is 14.8 Å². The van der Waals surface area contributed by atoms with E-state index < -0.39 is 5.41 Å². The fourth-order valence-electron chi connectivity index (χ4n) is 1.47. The molecule has 1 aliphatic heterocycles. The molecule has 0 atom stereocenters. The van der Waals surface area contributed by atoms with Crippen molar-refractivity contribution in [2.75, 3.05) is 19.0 Å². The molecule has 0 bridgehead atoms. The first-order chi connectivity index (χ1) is 7.53. The molecular formula is C12H15NO3. The van der Waals surface area contributed by atoms with Crippen molar-refractivity contribution >= 4 is 11.6 Å². The van der Waals surface area contributed by atoms with Crippen LogP contribution in [0.25, 0.3) is 0 Å². The Bertz CT molecular complexity index is 426. The second-order valence-electron chi connectivity index (χ2n) is 4.49. The van der Waals surface area contributed by atoms with Gasteiger partial charge in [0.25, 0.3) is 0 Å². The van der Waals surface area contributed by atoms with Gasteiger partial charge < -0.3 is 14.8 Å². The van der Waals surface area contributed by atoms with Crippen LogP contribution in [0.3, 0.4) is 0 Å². The zero-order valence-electron chi connectivity index (χ0n) is 9.66. The van der Waals surface area contributed by atoms with E-state index in [1.807, 2.05) is 13.8 Å². The van der Waals surface area contributed by atoms with E-state index in [9.17, 15) is 4.79 Å². The summed E-state index contributed by atoms with van der Waals surface area (Å²) in [5.41, 5.74) is 0.170. The number of methoxy groups -OCH3 is 1. The average Bonchev–Trinajstić information content (AvgIpc) is 2.37. The van der Waals surface area contributed by atoms with Crippen molar-refractivity contribution in [1.29, 1.82) is 0 Å². The van der Waals surface area contributed by atoms with Crippen LogP contribution in [0.15, 0.2) is 18.2 Å². The zero-order valence-corrected chi connectivity index (χ0v) is 9.66. The normalized spacial score (nSPS) is 17.8. The number of amides is 1. The van der Waals surface area contributed by atoms with Crippen molar-refractivity contribution in [2.45, 2.75) is 13.8 Å². The molecule has 0 saturated carbocycles. The molecule has 4 heteroatoms. The lowest BCUT2D eigenvalue weighted by molar-refractivity contribution is -0.124. The Hall–Kier alpha value is -1.71. The topological polar surface area (TPSA) is 47.6 Å². The van der Waals surface area contributed by atoms with Crippen LogP contribution in [-0.4, -0.2) is 19.6 Å². The lowest BCUT2D eigenvalue weighted by Crippen LogP contribution is -2.33. The Morgan fingerprint density at radius 2 is 2.19 bits per heavy atom. The molecule has 0 unspecified atom stereocenters. The number of carbonyl (C=O) groups excluding carboxylic acids is 1. The maximum atomic E-state index is 11.8. The fraction of sp³-hybridized carbons (Fsp3) is 0.417. The van der Waals surface area contributed by atoms with Crippen LogP contribution in [0.5, 0.6) is 11.5 Å². The van der Waals surface area contributed by atoms with Crippen LogP contribution in [0.2, 0.25) is 0 Å². The van der Waals surface area contributed by atoms with Gasteiger partial charge in [0.1, 0.15) is 18.1 Å². The SMILES string of the molecule is COc1ccc2c(c1)OCC(C)(C)C(=O)N2. The number of carbonyl (C=O) groups is 1. The molecule has 2 rings (SSSR count). The number of benzene rings is 1. The van der Waals surface area contributed by atoms with E-state index in [0.29, 0.717) is 23.8 Å². The Kier molecular flexibility index (Phi) is 2.50. The van der Waals surface area contributed by atoms with Gasteiger partial charge in [-0.15, -0.1) is 0 Å². The molecule has 4 nitrogen and oxygen atoms in total. The van der Waals surface area contributed by atoms with Gasteiger partial charge in [0, 0.05) is 6.07 Å². The van der Waals surface area contributed by atoms with E-state index in [2.05, 4.69) is 5.32 Å². The van der Waals surface area contributed by atoms with Crippen LogP contribution in [0.4, 0.5) is 5.69 Å². The molecule has 1 heterocycles. The Balaban J connectivity index is 2.37. The Morgan fingerprint density at radius 3 is 2.88 bits per heavy atom. The van der Waals surface area contributed by atoms with Gasteiger partial charge in [0.2, 0.25) is 5.91 Å². The van der Waals surface area contributed by atoms with E-state index in [-0.39, 0.29) is 5.91 Å². The quantitative estimate of drug-likeness (QED) is 0.789. The van der Waals surface area contributed by atoms with Crippen molar-refractivity contribution in [2.24, 2.45) is 5.41 Å². The van der Waals surface area contributed by atoms with E-state index in [1.54, 1.807) is 25.3 Å². The summed E-state index contributed by atoms with van der Waals surface area (Å²) in [5, 5.41) is 2.84. The first-order valence-electron chi connectivity index (χ1n) is 5.15. The second-order valence-corrected chi connectivity index (χ2v) is 4.49. The summed E-state index contributed by atoms with van der Waals surface area (Å²) in [6, 6.07) is 5.35. The first-order valence-corrected chi connectivity index (χ1v) is 5.15. The van der Waals surface area contributed by atoms with Gasteiger partial charge in [0.05, 0.1) is 18.2 Å². The predicted octanol–water partition coefficient (Wildman–Crippen LogP) is 2.05. The minimum atomic E-state index is -0.522. The number of hydrogen-bond donors (Lipinski definition) is 1. The third kappa shape index (κ3) is 1.83. The van der Waals surface area contributed by atoms with E-state index in [4.69, 9.17) is 9.47 Å². The summed E-state index contributed by atoms with van der Waals surface area (Å²) in [4.78, 5) is 11.8. The standard InChI is InChI=1S/C12H15NO3/c1-12(2)7-16-10-6-8(15-3)4-5-9(10)13-11(12)14/h4-6H,7H2,1-3H3,(H,13,14). The molecule has 16 heavy (non-hydrogen) atoms. The molecule has 1 aliphatic rings. The third-order valence-corrected chi connectivity index (χ3v) is 2.64. The predicted molar refractivity (Wildman–Crippen MR) is 60.9 cm³/mol. The lowest BCUT2D eigenvalue weighted by atomic mass is 9.94. The van der Waals surface area contributed by atoms with Gasteiger partial charge in [-0.3, -0.25) is 4.79 Å². The van der Waals surface area contributed by atoms with Crippen molar-refractivity contribution in [3.05, 3.63) is 18.2 Å². The van der Waals surface area contributed by atoms with Gasteiger partial charge >= 0.3 is 0 Å². The van der Waals surface area contributed by atoms with Crippen molar-refractivity contribution in [3.8, 4) is 11.5 Å². The monoisotopic (exact) mass is 221 g/mol. The summed E-state index contributed by atoms with van der Waals surface area (Å²) < 4.78 is 10.7. The molecule has 1 aromatic rings. The number of ether oxygens (including phenoxy) is 2. The van der Waals surface area contributed by atoms with Gasteiger partial charge in [-0.05, 0) is 26.0 Å². The molecule has 0 spiro atoms. The number of fused-ring (bicyclic) bond motifs is 1. The van der Waals surface area contributed by atoms with Crippen LogP contribution in [-0.2, 0) is 4.79 Å². The van der Waals surface area contributed by atoms with Crippen LogP contribution >= 0.6 is 0 Å². The van der Waals surface area contributed by atoms with Crippen molar-refractivity contribution < 1.29 is 14.3 Å². The van der Waals surface area contributed by atoms with Gasteiger partial charge in [-0.25, -0.2) is 0 Å². The van der Waals surface area contributed by atoms with Crippen molar-refractivity contribution in [3.63, 3.8) is 0 Å². The highest BCUT2D eigenvalue weighted by Gasteiger charge is 2.32. The molecule has 1 aromatic carbocycles. The fourth-order valence-corrected chi connectivity index (χ4v) is 1.47. The molecule has 0 saturated heterocycles. The first kappa shape index (κ1) is 10.8. The maximum absolute atomic E-state index is 11.8. The summed E-state index contributed by atoms with van der Waals surface area (Å²) in [6.07, 6.45) is 0. The molecule has 86 valence electrons. The minimum absolute atomic E-state index is 0.0311. The second kappa shape index (κ2) is 3.70. The number of nitrogens with one attached hydrogen (secondary N) is 1. The Labute approximate surface area is 94.6 Å². The van der Waals surface area contributed by atoms with Gasteiger partial charge in [0.15, 0.2) is 0 Å². The van der Waals surface area contributed by atoms with E-state index in [0.717, 1.165) is 0 Å². The lowest BCUT2D eigenvalue weighted by Gasteiger charge is -2.18. The van der Waals surface area contributed by atoms with Crippen LogP contribution in [0, 0.1) is 5.41 Å². The highest BCUT2D eigenvalue weighted by Crippen LogP contribution is 2.34. The number of rotatable bonds is 1. The van der Waals surface area contributed by atoms with Crippen LogP contribution in [0.1, 0.15) is 13.8 Å². The zero-order chi connectivity index (χ0) is 11.8. The Morgan fingerprint density at radius 1 is 1.44 bits per heavy atom. The summed E-state index contributed by atoms with van der Waals surface area (Å²) in [6.45, 7) is 4.07. The smallest absolute Gasteiger partial charge is 0.233 e. The van der Waals surface area contributed by atoms with E-state index >= 15 is 0 Å². The van der Waals surface area contributed by atoms with Crippen molar-refractivity contribution in [1.82, 2.24) is 0 Å². The summed E-state index contributed by atoms with van der Waals surface area (Å²) in [5.74, 6) is 1.34. The maximum Gasteiger partial charge on any atom is 0.233 e. The molecule has 1 N–H and O–H groups in total. The summed E-state index contributed by atoms with van der Waals surface area (Å²) >= 11 is 0. The molecule has 0 radical (unpaired) electrons. The average molecular weight is 221 g/mol. The van der Waals surface area contributed by atoms with E-state index in [1.165, 1.54) is 0 Å².